The van der Waals surface area contributed by atoms with Gasteiger partial charge in [-0.1, -0.05) is 54.6 Å². The normalized spacial score (nSPS) is 19.6. The number of hydrogen-bond donors (Lipinski definition) is 2. The Kier molecular flexibility index (Phi) is 5.12. The van der Waals surface area contributed by atoms with Crippen LogP contribution in [0.25, 0.3) is 0 Å². The Morgan fingerprint density at radius 3 is 2.36 bits per heavy atom. The van der Waals surface area contributed by atoms with Crippen molar-refractivity contribution in [3.05, 3.63) is 71.3 Å². The zero-order valence-electron chi connectivity index (χ0n) is 15.3. The van der Waals surface area contributed by atoms with Gasteiger partial charge in [-0.2, -0.15) is 5.10 Å². The third-order valence-corrected chi connectivity index (χ3v) is 4.84. The number of carbonyl (C=O) groups excluding carboxylic acids is 2. The molecular weight excluding hydrogens is 360 g/mol. The standard InChI is InChI=1S/C20H20N4O4/c1-20(16-9-7-14(8-10-16)11-22-21)18(27)23(13-17(25)26)19(28)24(20)12-15-5-3-2-4-6-15/h2-11H,12-13,21H2,1H3,(H,25,26)/t20-/m1/s1. The van der Waals surface area contributed by atoms with Gasteiger partial charge < -0.3 is 15.8 Å². The topological polar surface area (TPSA) is 116 Å². The van der Waals surface area contributed by atoms with E-state index < -0.39 is 30.0 Å². The molecule has 2 aromatic carbocycles. The average Bonchev–Trinajstić information content (AvgIpc) is 2.86. The van der Waals surface area contributed by atoms with Crippen LogP contribution < -0.4 is 5.84 Å². The van der Waals surface area contributed by atoms with Crippen molar-refractivity contribution in [2.24, 2.45) is 10.9 Å². The number of hydrogen-bond acceptors (Lipinski definition) is 5. The van der Waals surface area contributed by atoms with E-state index in [1.807, 2.05) is 30.3 Å². The Morgan fingerprint density at radius 2 is 1.79 bits per heavy atom. The highest BCUT2D eigenvalue weighted by Crippen LogP contribution is 2.38. The molecule has 1 aliphatic rings. The zero-order valence-corrected chi connectivity index (χ0v) is 15.3. The number of benzene rings is 2. The first kappa shape index (κ1) is 19.1. The van der Waals surface area contributed by atoms with Crippen LogP contribution in [0.1, 0.15) is 23.6 Å². The van der Waals surface area contributed by atoms with Crippen molar-refractivity contribution in [1.82, 2.24) is 9.80 Å². The number of rotatable bonds is 6. The molecule has 1 aliphatic heterocycles. The summed E-state index contributed by atoms with van der Waals surface area (Å²) in [7, 11) is 0. The third-order valence-electron chi connectivity index (χ3n) is 4.84. The number of carbonyl (C=O) groups is 3. The van der Waals surface area contributed by atoms with Gasteiger partial charge in [-0.25, -0.2) is 4.79 Å². The molecule has 144 valence electrons. The van der Waals surface area contributed by atoms with E-state index in [0.29, 0.717) is 5.56 Å². The molecule has 0 unspecified atom stereocenters. The number of imide groups is 1. The highest BCUT2D eigenvalue weighted by molar-refractivity contribution is 6.08. The Bertz CT molecular complexity index is 927. The zero-order chi connectivity index (χ0) is 20.3. The van der Waals surface area contributed by atoms with E-state index in [1.165, 1.54) is 11.1 Å². The van der Waals surface area contributed by atoms with Crippen molar-refractivity contribution in [1.29, 1.82) is 0 Å². The van der Waals surface area contributed by atoms with Crippen molar-refractivity contribution in [3.63, 3.8) is 0 Å². The average molecular weight is 380 g/mol. The maximum absolute atomic E-state index is 13.1. The van der Waals surface area contributed by atoms with Gasteiger partial charge in [0.05, 0.1) is 6.21 Å². The molecule has 1 atom stereocenters. The Labute approximate surface area is 161 Å². The molecule has 3 amide bonds. The number of nitrogens with two attached hydrogens (primary N) is 1. The molecule has 8 heteroatoms. The van der Waals surface area contributed by atoms with Crippen molar-refractivity contribution in [2.45, 2.75) is 19.0 Å². The maximum Gasteiger partial charge on any atom is 0.328 e. The van der Waals surface area contributed by atoms with Crippen molar-refractivity contribution >= 4 is 24.1 Å². The number of amides is 3. The second-order valence-corrected chi connectivity index (χ2v) is 6.61. The molecule has 8 nitrogen and oxygen atoms in total. The summed E-state index contributed by atoms with van der Waals surface area (Å²) in [4.78, 5) is 39.4. The highest BCUT2D eigenvalue weighted by Gasteiger charge is 2.55. The van der Waals surface area contributed by atoms with Gasteiger partial charge in [-0.05, 0) is 23.6 Å². The molecule has 0 spiro atoms. The van der Waals surface area contributed by atoms with Crippen LogP contribution in [0.5, 0.6) is 0 Å². The van der Waals surface area contributed by atoms with Gasteiger partial charge in [-0.3, -0.25) is 14.5 Å². The molecule has 0 radical (unpaired) electrons. The molecule has 1 fully saturated rings. The first-order valence-corrected chi connectivity index (χ1v) is 8.61. The second kappa shape index (κ2) is 7.51. The maximum atomic E-state index is 13.1. The minimum absolute atomic E-state index is 0.171. The van der Waals surface area contributed by atoms with Gasteiger partial charge in [0.15, 0.2) is 0 Å². The summed E-state index contributed by atoms with van der Waals surface area (Å²) in [6.07, 6.45) is 1.46. The summed E-state index contributed by atoms with van der Waals surface area (Å²) in [6, 6.07) is 15.5. The lowest BCUT2D eigenvalue weighted by Crippen LogP contribution is -2.44. The lowest BCUT2D eigenvalue weighted by atomic mass is 9.89. The molecule has 28 heavy (non-hydrogen) atoms. The van der Waals surface area contributed by atoms with E-state index in [2.05, 4.69) is 5.10 Å². The van der Waals surface area contributed by atoms with Crippen LogP contribution in [0.2, 0.25) is 0 Å². The summed E-state index contributed by atoms with van der Waals surface area (Å²) in [6.45, 7) is 1.12. The fourth-order valence-corrected chi connectivity index (χ4v) is 3.33. The molecule has 1 heterocycles. The monoisotopic (exact) mass is 380 g/mol. The number of urea groups is 1. The van der Waals surface area contributed by atoms with Crippen molar-refractivity contribution in [3.8, 4) is 0 Å². The van der Waals surface area contributed by atoms with E-state index in [4.69, 9.17) is 10.9 Å². The Balaban J connectivity index is 2.05. The smallest absolute Gasteiger partial charge is 0.328 e. The molecule has 3 N–H and O–H groups in total. The highest BCUT2D eigenvalue weighted by atomic mass is 16.4. The summed E-state index contributed by atoms with van der Waals surface area (Å²) >= 11 is 0. The minimum atomic E-state index is -1.33. The van der Waals surface area contributed by atoms with Crippen LogP contribution in [0.4, 0.5) is 4.79 Å². The molecule has 2 aromatic rings. The number of carboxylic acid groups (broad SMARTS) is 1. The second-order valence-electron chi connectivity index (χ2n) is 6.61. The molecule has 3 rings (SSSR count). The van der Waals surface area contributed by atoms with E-state index >= 15 is 0 Å². The van der Waals surface area contributed by atoms with Gasteiger partial charge >= 0.3 is 12.0 Å². The lowest BCUT2D eigenvalue weighted by molar-refractivity contribution is -0.143. The SMILES string of the molecule is C[C@@]1(c2ccc(C=NN)cc2)C(=O)N(CC(=O)O)C(=O)N1Cc1ccccc1. The molecule has 0 saturated carbocycles. The van der Waals surface area contributed by atoms with Crippen molar-refractivity contribution < 1.29 is 19.5 Å². The number of carboxylic acids is 1. The Hall–Kier alpha value is -3.68. The van der Waals surface area contributed by atoms with Gasteiger partial charge in [0, 0.05) is 6.54 Å². The fraction of sp³-hybridized carbons (Fsp3) is 0.200. The molecule has 1 saturated heterocycles. The van der Waals surface area contributed by atoms with Crippen LogP contribution >= 0.6 is 0 Å². The van der Waals surface area contributed by atoms with Crippen LogP contribution in [0, 0.1) is 0 Å². The molecule has 0 aliphatic carbocycles. The molecule has 0 bridgehead atoms. The predicted octanol–water partition coefficient (Wildman–Crippen LogP) is 1.74. The van der Waals surface area contributed by atoms with Gasteiger partial charge in [0.2, 0.25) is 0 Å². The van der Waals surface area contributed by atoms with Crippen molar-refractivity contribution in [2.75, 3.05) is 6.54 Å². The van der Waals surface area contributed by atoms with Crippen LogP contribution in [0.3, 0.4) is 0 Å². The number of aliphatic carboxylic acids is 1. The van der Waals surface area contributed by atoms with Crippen LogP contribution in [0.15, 0.2) is 59.7 Å². The van der Waals surface area contributed by atoms with E-state index in [9.17, 15) is 14.4 Å². The van der Waals surface area contributed by atoms with E-state index in [1.54, 1.807) is 31.2 Å². The number of hydrazone groups is 1. The fourth-order valence-electron chi connectivity index (χ4n) is 3.33. The first-order chi connectivity index (χ1) is 13.4. The summed E-state index contributed by atoms with van der Waals surface area (Å²) in [5.74, 6) is 3.34. The predicted molar refractivity (Wildman–Crippen MR) is 102 cm³/mol. The third kappa shape index (κ3) is 3.32. The largest absolute Gasteiger partial charge is 0.480 e. The minimum Gasteiger partial charge on any atom is -0.480 e. The van der Waals surface area contributed by atoms with Crippen LogP contribution in [-0.2, 0) is 21.7 Å². The summed E-state index contributed by atoms with van der Waals surface area (Å²) in [5, 5.41) is 12.6. The first-order valence-electron chi connectivity index (χ1n) is 8.61. The van der Waals surface area contributed by atoms with Crippen LogP contribution in [-0.4, -0.2) is 45.6 Å². The van der Waals surface area contributed by atoms with Gasteiger partial charge in [0.1, 0.15) is 12.1 Å². The van der Waals surface area contributed by atoms with E-state index in [0.717, 1.165) is 16.0 Å². The summed E-state index contributed by atoms with van der Waals surface area (Å²) in [5.41, 5.74) is 0.812. The number of nitrogens with zero attached hydrogens (tertiary/aromatic N) is 3. The summed E-state index contributed by atoms with van der Waals surface area (Å²) < 4.78 is 0. The molecular formula is C20H20N4O4. The molecule has 0 aromatic heterocycles. The quantitative estimate of drug-likeness (QED) is 0.343. The lowest BCUT2D eigenvalue weighted by Gasteiger charge is -2.32. The van der Waals surface area contributed by atoms with Gasteiger partial charge in [0.25, 0.3) is 5.91 Å². The van der Waals surface area contributed by atoms with E-state index in [-0.39, 0.29) is 6.54 Å². The van der Waals surface area contributed by atoms with Gasteiger partial charge in [-0.15, -0.1) is 0 Å². The Morgan fingerprint density at radius 1 is 1.14 bits per heavy atom.